The van der Waals surface area contributed by atoms with E-state index in [2.05, 4.69) is 10.6 Å². The van der Waals surface area contributed by atoms with Crippen LogP contribution in [0.25, 0.3) is 0 Å². The third-order valence-electron chi connectivity index (χ3n) is 2.28. The van der Waals surface area contributed by atoms with Gasteiger partial charge in [0.2, 0.25) is 5.91 Å². The van der Waals surface area contributed by atoms with Gasteiger partial charge in [-0.2, -0.15) is 0 Å². The van der Waals surface area contributed by atoms with Crippen molar-refractivity contribution in [2.45, 2.75) is 13.0 Å². The number of amides is 3. The molecule has 0 aliphatic rings. The molecule has 0 saturated carbocycles. The summed E-state index contributed by atoms with van der Waals surface area (Å²) in [4.78, 5) is 32.8. The van der Waals surface area contributed by atoms with Crippen LogP contribution in [0.4, 0.5) is 9.59 Å². The van der Waals surface area contributed by atoms with Crippen LogP contribution < -0.4 is 16.4 Å². The zero-order valence-corrected chi connectivity index (χ0v) is 11.8. The van der Waals surface area contributed by atoms with Crippen LogP contribution in [0, 0.1) is 5.92 Å². The third kappa shape index (κ3) is 8.14. The zero-order chi connectivity index (χ0) is 15.5. The van der Waals surface area contributed by atoms with Crippen molar-refractivity contribution >= 4 is 18.1 Å². The average Bonchev–Trinajstić information content (AvgIpc) is 2.44. The topological polar surface area (TPSA) is 129 Å². The number of carbonyl (C=O) groups excluding carboxylic acids is 3. The molecule has 0 aromatic rings. The predicted octanol–water partition coefficient (Wildman–Crippen LogP) is -0.795. The summed E-state index contributed by atoms with van der Waals surface area (Å²) in [5.41, 5.74) is 5.10. The second kappa shape index (κ2) is 9.84. The molecule has 1 atom stereocenters. The molecule has 0 bridgehead atoms. The number of hydrogen-bond donors (Lipinski definition) is 3. The average molecular weight is 291 g/mol. The van der Waals surface area contributed by atoms with Gasteiger partial charge in [0.1, 0.15) is 19.3 Å². The smallest absolute Gasteiger partial charge is 0.406 e. The minimum absolute atomic E-state index is 0.0359. The molecule has 0 fully saturated rings. The van der Waals surface area contributed by atoms with Crippen molar-refractivity contribution in [1.29, 1.82) is 0 Å². The van der Waals surface area contributed by atoms with Gasteiger partial charge < -0.3 is 30.6 Å². The summed E-state index contributed by atoms with van der Waals surface area (Å²) >= 11 is 0. The fraction of sp³-hybridized carbons (Fsp3) is 0.727. The monoisotopic (exact) mass is 291 g/mol. The minimum atomic E-state index is -0.689. The van der Waals surface area contributed by atoms with Gasteiger partial charge >= 0.3 is 12.2 Å². The number of nitrogens with one attached hydrogen (secondary N) is 2. The van der Waals surface area contributed by atoms with Crippen molar-refractivity contribution in [2.24, 2.45) is 11.7 Å². The van der Waals surface area contributed by atoms with E-state index in [1.165, 1.54) is 14.1 Å². The van der Waals surface area contributed by atoms with Crippen LogP contribution in [0.2, 0.25) is 0 Å². The number of nitrogens with two attached hydrogens (primary N) is 1. The Morgan fingerprint density at radius 2 is 1.45 bits per heavy atom. The summed E-state index contributed by atoms with van der Waals surface area (Å²) < 4.78 is 15.0. The van der Waals surface area contributed by atoms with E-state index in [1.54, 1.807) is 6.92 Å². The molecule has 20 heavy (non-hydrogen) atoms. The summed E-state index contributed by atoms with van der Waals surface area (Å²) in [5.74, 6) is -1.01. The molecule has 0 spiro atoms. The molecule has 3 amide bonds. The van der Waals surface area contributed by atoms with Crippen LogP contribution >= 0.6 is 0 Å². The fourth-order valence-electron chi connectivity index (χ4n) is 0.988. The van der Waals surface area contributed by atoms with Gasteiger partial charge in [-0.05, 0) is 0 Å². The maximum Gasteiger partial charge on any atom is 0.406 e. The van der Waals surface area contributed by atoms with E-state index < -0.39 is 30.1 Å². The van der Waals surface area contributed by atoms with E-state index in [9.17, 15) is 14.4 Å². The summed E-state index contributed by atoms with van der Waals surface area (Å²) in [6, 6.07) is 0. The van der Waals surface area contributed by atoms with Gasteiger partial charge in [0.05, 0.1) is 12.5 Å². The number of primary amides is 1. The number of rotatable bonds is 8. The molecular formula is C11H21N3O6. The van der Waals surface area contributed by atoms with Gasteiger partial charge in [-0.15, -0.1) is 0 Å². The van der Waals surface area contributed by atoms with Crippen LogP contribution in [0.3, 0.4) is 0 Å². The molecule has 116 valence electrons. The van der Waals surface area contributed by atoms with Crippen molar-refractivity contribution in [3.8, 4) is 0 Å². The number of alkyl carbamates (subject to hydrolysis) is 2. The highest BCUT2D eigenvalue weighted by Crippen LogP contribution is 2.01. The molecule has 0 radical (unpaired) electrons. The Morgan fingerprint density at radius 3 is 1.80 bits per heavy atom. The first-order chi connectivity index (χ1) is 9.40. The largest absolute Gasteiger partial charge is 0.447 e. The van der Waals surface area contributed by atoms with E-state index in [1.807, 2.05) is 0 Å². The van der Waals surface area contributed by atoms with Gasteiger partial charge in [-0.25, -0.2) is 9.59 Å². The lowest BCUT2D eigenvalue weighted by atomic mass is 10.2. The maximum atomic E-state index is 11.0. The lowest BCUT2D eigenvalue weighted by Crippen LogP contribution is -2.35. The normalized spacial score (nSPS) is 11.6. The molecule has 0 aliphatic carbocycles. The fourth-order valence-corrected chi connectivity index (χ4v) is 0.988. The molecule has 0 aliphatic heterocycles. The molecular weight excluding hydrogens is 270 g/mol. The van der Waals surface area contributed by atoms with E-state index in [4.69, 9.17) is 19.9 Å². The SMILES string of the molecule is CNC(=O)OCC(COC(=O)NC)OCC(C)C(N)=O. The van der Waals surface area contributed by atoms with Gasteiger partial charge in [0.25, 0.3) is 0 Å². The number of ether oxygens (including phenoxy) is 3. The summed E-state index contributed by atoms with van der Waals surface area (Å²) in [6.45, 7) is 1.39. The van der Waals surface area contributed by atoms with E-state index in [0.717, 1.165) is 0 Å². The van der Waals surface area contributed by atoms with Crippen molar-refractivity contribution in [2.75, 3.05) is 33.9 Å². The lowest BCUT2D eigenvalue weighted by Gasteiger charge is -2.19. The predicted molar refractivity (Wildman–Crippen MR) is 68.9 cm³/mol. The highest BCUT2D eigenvalue weighted by molar-refractivity contribution is 5.76. The van der Waals surface area contributed by atoms with Gasteiger partial charge in [-0.3, -0.25) is 4.79 Å². The lowest BCUT2D eigenvalue weighted by molar-refractivity contribution is -0.125. The Labute approximate surface area is 117 Å². The van der Waals surface area contributed by atoms with Crippen molar-refractivity contribution in [3.63, 3.8) is 0 Å². The summed E-state index contributed by atoms with van der Waals surface area (Å²) in [6.07, 6.45) is -1.96. The number of hydrogen-bond acceptors (Lipinski definition) is 6. The third-order valence-corrected chi connectivity index (χ3v) is 2.28. The standard InChI is InChI=1S/C11H21N3O6/c1-7(9(12)15)4-18-8(5-19-10(16)13-2)6-20-11(17)14-3/h7-8H,4-6H2,1-3H3,(H2,12,15)(H,13,16)(H,14,17). The first-order valence-corrected chi connectivity index (χ1v) is 6.00. The van der Waals surface area contributed by atoms with Crippen LogP contribution in [0.15, 0.2) is 0 Å². The molecule has 0 saturated heterocycles. The highest BCUT2D eigenvalue weighted by atomic mass is 16.6. The number of carbonyl (C=O) groups is 3. The van der Waals surface area contributed by atoms with E-state index in [0.29, 0.717) is 0 Å². The molecule has 9 heteroatoms. The van der Waals surface area contributed by atoms with Crippen molar-refractivity contribution in [1.82, 2.24) is 10.6 Å². The Kier molecular flexibility index (Phi) is 8.84. The first kappa shape index (κ1) is 18.0. The Balaban J connectivity index is 4.26. The Morgan fingerprint density at radius 1 is 1.00 bits per heavy atom. The Bertz CT molecular complexity index is 316. The maximum absolute atomic E-state index is 11.0. The molecule has 0 rings (SSSR count). The van der Waals surface area contributed by atoms with Gasteiger partial charge in [0.15, 0.2) is 0 Å². The van der Waals surface area contributed by atoms with E-state index >= 15 is 0 Å². The molecule has 9 nitrogen and oxygen atoms in total. The van der Waals surface area contributed by atoms with Crippen molar-refractivity contribution < 1.29 is 28.6 Å². The highest BCUT2D eigenvalue weighted by Gasteiger charge is 2.18. The zero-order valence-electron chi connectivity index (χ0n) is 11.8. The van der Waals surface area contributed by atoms with Crippen LogP contribution in [0.5, 0.6) is 0 Å². The van der Waals surface area contributed by atoms with Gasteiger partial charge in [0, 0.05) is 14.1 Å². The Hall–Kier alpha value is -2.03. The van der Waals surface area contributed by atoms with Crippen molar-refractivity contribution in [3.05, 3.63) is 0 Å². The molecule has 1 unspecified atom stereocenters. The minimum Gasteiger partial charge on any atom is -0.447 e. The van der Waals surface area contributed by atoms with E-state index in [-0.39, 0.29) is 19.8 Å². The molecule has 4 N–H and O–H groups in total. The molecule has 0 heterocycles. The molecule has 0 aromatic heterocycles. The quantitative estimate of drug-likeness (QED) is 0.537. The van der Waals surface area contributed by atoms with Crippen LogP contribution in [-0.2, 0) is 19.0 Å². The second-order valence-electron chi connectivity index (χ2n) is 3.96. The summed E-state index contributed by atoms with van der Waals surface area (Å²) in [7, 11) is 2.82. The van der Waals surface area contributed by atoms with Gasteiger partial charge in [-0.1, -0.05) is 6.92 Å². The molecule has 0 aromatic carbocycles. The second-order valence-corrected chi connectivity index (χ2v) is 3.96. The summed E-state index contributed by atoms with van der Waals surface area (Å²) in [5, 5.41) is 4.54. The first-order valence-electron chi connectivity index (χ1n) is 6.00. The van der Waals surface area contributed by atoms with Crippen LogP contribution in [-0.4, -0.2) is 58.1 Å². The van der Waals surface area contributed by atoms with Crippen LogP contribution in [0.1, 0.15) is 6.92 Å².